The van der Waals surface area contributed by atoms with E-state index in [2.05, 4.69) is 17.2 Å². The van der Waals surface area contributed by atoms with Gasteiger partial charge in [-0.1, -0.05) is 39.0 Å². The van der Waals surface area contributed by atoms with Crippen LogP contribution in [0.2, 0.25) is 0 Å². The van der Waals surface area contributed by atoms with E-state index in [9.17, 15) is 9.59 Å². The topological polar surface area (TPSA) is 71.5 Å². The molecule has 0 aliphatic carbocycles. The van der Waals surface area contributed by atoms with E-state index in [4.69, 9.17) is 4.74 Å². The lowest BCUT2D eigenvalue weighted by atomic mass is 10.1. The summed E-state index contributed by atoms with van der Waals surface area (Å²) >= 11 is 1.46. The molecular formula is C21H35N3O3S. The summed E-state index contributed by atoms with van der Waals surface area (Å²) in [7, 11) is 0. The SMILES string of the molecule is CCCCCCCCC(=O)N(CC(=O)Nc1nc(C)c(C)s1)CC1CCCO1. The monoisotopic (exact) mass is 409 g/mol. The van der Waals surface area contributed by atoms with Gasteiger partial charge in [0.15, 0.2) is 5.13 Å². The minimum absolute atomic E-state index is 0.0469. The fourth-order valence-electron chi connectivity index (χ4n) is 3.36. The summed E-state index contributed by atoms with van der Waals surface area (Å²) in [6.45, 7) is 7.41. The van der Waals surface area contributed by atoms with Crippen molar-refractivity contribution in [3.63, 3.8) is 0 Å². The van der Waals surface area contributed by atoms with E-state index in [1.807, 2.05) is 13.8 Å². The van der Waals surface area contributed by atoms with E-state index >= 15 is 0 Å². The van der Waals surface area contributed by atoms with E-state index in [0.29, 0.717) is 18.1 Å². The van der Waals surface area contributed by atoms with Gasteiger partial charge < -0.3 is 15.0 Å². The minimum atomic E-state index is -0.192. The van der Waals surface area contributed by atoms with Gasteiger partial charge in [0.05, 0.1) is 11.8 Å². The highest BCUT2D eigenvalue weighted by Gasteiger charge is 2.24. The van der Waals surface area contributed by atoms with E-state index in [-0.39, 0.29) is 24.5 Å². The molecule has 0 aromatic carbocycles. The van der Waals surface area contributed by atoms with Crippen molar-refractivity contribution >= 4 is 28.3 Å². The van der Waals surface area contributed by atoms with Crippen molar-refractivity contribution in [2.45, 2.75) is 84.7 Å². The standard InChI is InChI=1S/C21H35N3O3S/c1-4-5-6-7-8-9-12-20(26)24(14-18-11-10-13-27-18)15-19(25)23-21-22-16(2)17(3)28-21/h18H,4-15H2,1-3H3,(H,22,23,25). The molecule has 28 heavy (non-hydrogen) atoms. The third-order valence-electron chi connectivity index (χ3n) is 5.15. The second-order valence-electron chi connectivity index (χ2n) is 7.64. The van der Waals surface area contributed by atoms with Crippen molar-refractivity contribution in [3.05, 3.63) is 10.6 Å². The van der Waals surface area contributed by atoms with E-state index in [1.54, 1.807) is 4.90 Å². The first-order chi connectivity index (χ1) is 13.5. The normalized spacial score (nSPS) is 16.3. The molecule has 1 saturated heterocycles. The third kappa shape index (κ3) is 7.87. The molecule has 6 nitrogen and oxygen atoms in total. The van der Waals surface area contributed by atoms with Crippen LogP contribution in [0.5, 0.6) is 0 Å². The van der Waals surface area contributed by atoms with Crippen LogP contribution in [0.15, 0.2) is 0 Å². The highest BCUT2D eigenvalue weighted by atomic mass is 32.1. The van der Waals surface area contributed by atoms with Crippen LogP contribution in [-0.4, -0.2) is 47.5 Å². The van der Waals surface area contributed by atoms with Crippen molar-refractivity contribution in [1.29, 1.82) is 0 Å². The Morgan fingerprint density at radius 2 is 1.96 bits per heavy atom. The van der Waals surface area contributed by atoms with E-state index < -0.39 is 0 Å². The summed E-state index contributed by atoms with van der Waals surface area (Å²) in [6.07, 6.45) is 9.38. The summed E-state index contributed by atoms with van der Waals surface area (Å²) in [5.74, 6) is -0.143. The van der Waals surface area contributed by atoms with Crippen LogP contribution in [0.4, 0.5) is 5.13 Å². The number of unbranched alkanes of at least 4 members (excludes halogenated alkanes) is 5. The molecule has 0 bridgehead atoms. The Balaban J connectivity index is 1.84. The molecule has 0 radical (unpaired) electrons. The molecule has 158 valence electrons. The predicted octanol–water partition coefficient (Wildman–Crippen LogP) is 4.46. The van der Waals surface area contributed by atoms with Gasteiger partial charge in [0.25, 0.3) is 0 Å². The highest BCUT2D eigenvalue weighted by molar-refractivity contribution is 7.15. The van der Waals surface area contributed by atoms with Crippen LogP contribution in [0.25, 0.3) is 0 Å². The summed E-state index contributed by atoms with van der Waals surface area (Å²) in [5.41, 5.74) is 0.927. The smallest absolute Gasteiger partial charge is 0.245 e. The Labute approximate surface area is 173 Å². The number of carbonyl (C=O) groups is 2. The zero-order valence-corrected chi connectivity index (χ0v) is 18.4. The molecule has 1 N–H and O–H groups in total. The van der Waals surface area contributed by atoms with Crippen LogP contribution >= 0.6 is 11.3 Å². The lowest BCUT2D eigenvalue weighted by molar-refractivity contribution is -0.136. The quantitative estimate of drug-likeness (QED) is 0.518. The van der Waals surface area contributed by atoms with Crippen molar-refractivity contribution in [3.8, 4) is 0 Å². The molecule has 1 aliphatic heterocycles. The number of nitrogens with zero attached hydrogens (tertiary/aromatic N) is 2. The lowest BCUT2D eigenvalue weighted by Gasteiger charge is -2.25. The summed E-state index contributed by atoms with van der Waals surface area (Å²) in [6, 6.07) is 0. The molecule has 2 heterocycles. The van der Waals surface area contributed by atoms with Gasteiger partial charge in [-0.05, 0) is 33.1 Å². The Kier molecular flexibility index (Phi) is 9.92. The van der Waals surface area contributed by atoms with Gasteiger partial charge in [-0.25, -0.2) is 4.98 Å². The molecule has 1 aromatic rings. The number of carbonyl (C=O) groups excluding carboxylic acids is 2. The first-order valence-electron chi connectivity index (χ1n) is 10.6. The Morgan fingerprint density at radius 3 is 2.61 bits per heavy atom. The van der Waals surface area contributed by atoms with Crippen LogP contribution in [0.3, 0.4) is 0 Å². The van der Waals surface area contributed by atoms with Gasteiger partial charge in [0, 0.05) is 24.4 Å². The predicted molar refractivity (Wildman–Crippen MR) is 114 cm³/mol. The van der Waals surface area contributed by atoms with E-state index in [1.165, 1.54) is 37.0 Å². The largest absolute Gasteiger partial charge is 0.376 e. The maximum atomic E-state index is 12.7. The van der Waals surface area contributed by atoms with E-state index in [0.717, 1.165) is 42.9 Å². The molecule has 1 aliphatic rings. The first-order valence-corrected chi connectivity index (χ1v) is 11.4. The van der Waals surface area contributed by atoms with Gasteiger partial charge in [0.2, 0.25) is 11.8 Å². The minimum Gasteiger partial charge on any atom is -0.376 e. The highest BCUT2D eigenvalue weighted by Crippen LogP contribution is 2.21. The maximum absolute atomic E-state index is 12.7. The van der Waals surface area contributed by atoms with Gasteiger partial charge in [0.1, 0.15) is 6.54 Å². The van der Waals surface area contributed by atoms with Gasteiger partial charge in [-0.2, -0.15) is 0 Å². The number of hydrogen-bond donors (Lipinski definition) is 1. The van der Waals surface area contributed by atoms with Gasteiger partial charge >= 0.3 is 0 Å². The van der Waals surface area contributed by atoms with Crippen molar-refractivity contribution in [2.75, 3.05) is 25.0 Å². The van der Waals surface area contributed by atoms with Crippen LogP contribution in [-0.2, 0) is 14.3 Å². The van der Waals surface area contributed by atoms with Crippen molar-refractivity contribution in [2.24, 2.45) is 0 Å². The molecule has 0 spiro atoms. The summed E-state index contributed by atoms with van der Waals surface area (Å²) < 4.78 is 5.69. The molecule has 7 heteroatoms. The Bertz CT molecular complexity index is 607. The molecule has 2 amide bonds. The average molecular weight is 410 g/mol. The summed E-state index contributed by atoms with van der Waals surface area (Å²) in [5, 5.41) is 3.44. The fraction of sp³-hybridized carbons (Fsp3) is 0.762. The number of aryl methyl sites for hydroxylation is 2. The molecule has 1 aromatic heterocycles. The Morgan fingerprint density at radius 1 is 1.21 bits per heavy atom. The van der Waals surface area contributed by atoms with Crippen LogP contribution in [0, 0.1) is 13.8 Å². The molecule has 1 atom stereocenters. The number of ether oxygens (including phenoxy) is 1. The number of aromatic nitrogens is 1. The molecule has 1 fully saturated rings. The first kappa shape index (κ1) is 22.8. The van der Waals surface area contributed by atoms with Gasteiger partial charge in [-0.15, -0.1) is 11.3 Å². The number of thiazole rings is 1. The zero-order valence-electron chi connectivity index (χ0n) is 17.6. The molecule has 0 saturated carbocycles. The number of rotatable bonds is 12. The third-order valence-corrected chi connectivity index (χ3v) is 6.14. The second kappa shape index (κ2) is 12.2. The lowest BCUT2D eigenvalue weighted by Crippen LogP contribution is -2.42. The molecule has 1 unspecified atom stereocenters. The summed E-state index contributed by atoms with van der Waals surface area (Å²) in [4.78, 5) is 32.3. The second-order valence-corrected chi connectivity index (χ2v) is 8.84. The van der Waals surface area contributed by atoms with Crippen LogP contribution in [0.1, 0.15) is 75.3 Å². The number of amides is 2. The Hall–Kier alpha value is -1.47. The number of hydrogen-bond acceptors (Lipinski definition) is 5. The van der Waals surface area contributed by atoms with Crippen LogP contribution < -0.4 is 5.32 Å². The average Bonchev–Trinajstić information content (AvgIpc) is 3.27. The van der Waals surface area contributed by atoms with Gasteiger partial charge in [-0.3, -0.25) is 9.59 Å². The van der Waals surface area contributed by atoms with Crippen molar-refractivity contribution in [1.82, 2.24) is 9.88 Å². The van der Waals surface area contributed by atoms with Crippen molar-refractivity contribution < 1.29 is 14.3 Å². The molecular weight excluding hydrogens is 374 g/mol. The zero-order chi connectivity index (χ0) is 20.4. The fourth-order valence-corrected chi connectivity index (χ4v) is 4.19. The molecule has 2 rings (SSSR count). The number of nitrogens with one attached hydrogen (secondary N) is 1. The number of anilines is 1. The maximum Gasteiger partial charge on any atom is 0.245 e.